The number of benzene rings is 1. The van der Waals surface area contributed by atoms with Gasteiger partial charge in [-0.2, -0.15) is 0 Å². The first-order valence-electron chi connectivity index (χ1n) is 8.51. The number of fused-ring (bicyclic) bond motifs is 4. The van der Waals surface area contributed by atoms with Crippen LogP contribution in [0.5, 0.6) is 0 Å². The van der Waals surface area contributed by atoms with Gasteiger partial charge in [-0.15, -0.1) is 0 Å². The number of aliphatic hydroxyl groups excluding tert-OH is 1. The van der Waals surface area contributed by atoms with Crippen LogP contribution in [-0.2, 0) is 20.7 Å². The summed E-state index contributed by atoms with van der Waals surface area (Å²) in [6.07, 6.45) is 3.78. The van der Waals surface area contributed by atoms with Gasteiger partial charge in [0.15, 0.2) is 6.10 Å². The van der Waals surface area contributed by atoms with E-state index in [2.05, 4.69) is 0 Å². The first-order chi connectivity index (χ1) is 12.5. The third kappa shape index (κ3) is 2.02. The molecule has 3 unspecified atom stereocenters. The summed E-state index contributed by atoms with van der Waals surface area (Å²) >= 11 is 0. The van der Waals surface area contributed by atoms with Crippen molar-refractivity contribution in [1.82, 2.24) is 0 Å². The fourth-order valence-corrected chi connectivity index (χ4v) is 4.27. The van der Waals surface area contributed by atoms with Gasteiger partial charge in [0, 0.05) is 23.1 Å². The van der Waals surface area contributed by atoms with Crippen LogP contribution in [0.2, 0.25) is 0 Å². The predicted octanol–water partition coefficient (Wildman–Crippen LogP) is 2.33. The average molecular weight is 352 g/mol. The van der Waals surface area contributed by atoms with Crippen molar-refractivity contribution in [2.75, 3.05) is 6.61 Å². The molecule has 0 amide bonds. The van der Waals surface area contributed by atoms with E-state index in [1.807, 2.05) is 6.92 Å². The molecule has 2 aromatic rings. The SMILES string of the molecule is Cc1c2c(cc3c1C(c1ccoc1)OC3=O)C1COC(=O)C1=CC(O)C2. The minimum Gasteiger partial charge on any atom is -0.472 e. The van der Waals surface area contributed by atoms with E-state index in [1.54, 1.807) is 30.7 Å². The highest BCUT2D eigenvalue weighted by Crippen LogP contribution is 2.45. The maximum atomic E-state index is 12.5. The Morgan fingerprint density at radius 2 is 2.08 bits per heavy atom. The lowest BCUT2D eigenvalue weighted by atomic mass is 9.83. The largest absolute Gasteiger partial charge is 0.472 e. The van der Waals surface area contributed by atoms with Crippen LogP contribution in [0.25, 0.3) is 0 Å². The van der Waals surface area contributed by atoms with Crippen molar-refractivity contribution in [3.63, 3.8) is 0 Å². The number of cyclic esters (lactones) is 2. The number of hydrogen-bond acceptors (Lipinski definition) is 6. The van der Waals surface area contributed by atoms with Crippen LogP contribution in [0.3, 0.4) is 0 Å². The molecule has 1 aromatic carbocycles. The quantitative estimate of drug-likeness (QED) is 0.793. The van der Waals surface area contributed by atoms with Gasteiger partial charge in [0.1, 0.15) is 6.61 Å². The van der Waals surface area contributed by atoms with Crippen LogP contribution in [0.1, 0.15) is 50.2 Å². The number of aliphatic hydroxyl groups is 1. The molecule has 1 aromatic heterocycles. The zero-order valence-electron chi connectivity index (χ0n) is 14.0. The zero-order chi connectivity index (χ0) is 18.0. The second-order valence-electron chi connectivity index (χ2n) is 6.92. The number of esters is 2. The number of furan rings is 1. The lowest BCUT2D eigenvalue weighted by Crippen LogP contribution is -2.12. The van der Waals surface area contributed by atoms with E-state index in [4.69, 9.17) is 13.9 Å². The molecule has 0 spiro atoms. The van der Waals surface area contributed by atoms with Gasteiger partial charge in [-0.25, -0.2) is 9.59 Å². The molecule has 0 bridgehead atoms. The van der Waals surface area contributed by atoms with E-state index in [0.29, 0.717) is 17.6 Å². The third-order valence-electron chi connectivity index (χ3n) is 5.50. The van der Waals surface area contributed by atoms with Crippen LogP contribution in [-0.4, -0.2) is 29.8 Å². The van der Waals surface area contributed by atoms with E-state index in [9.17, 15) is 14.7 Å². The average Bonchev–Trinajstić information content (AvgIpc) is 3.30. The highest BCUT2D eigenvalue weighted by atomic mass is 16.6. The van der Waals surface area contributed by atoms with E-state index in [0.717, 1.165) is 27.8 Å². The van der Waals surface area contributed by atoms with E-state index in [-0.39, 0.29) is 12.5 Å². The predicted molar refractivity (Wildman–Crippen MR) is 88.6 cm³/mol. The number of ether oxygens (including phenoxy) is 2. The molecule has 132 valence electrons. The Kier molecular flexibility index (Phi) is 3.15. The van der Waals surface area contributed by atoms with Crippen molar-refractivity contribution in [1.29, 1.82) is 0 Å². The summed E-state index contributed by atoms with van der Waals surface area (Å²) in [6.45, 7) is 2.16. The van der Waals surface area contributed by atoms with Crippen molar-refractivity contribution in [3.05, 3.63) is 69.7 Å². The molecular formula is C20H16O6. The van der Waals surface area contributed by atoms with Crippen molar-refractivity contribution in [2.45, 2.75) is 31.5 Å². The summed E-state index contributed by atoms with van der Waals surface area (Å²) in [6, 6.07) is 3.58. The summed E-state index contributed by atoms with van der Waals surface area (Å²) in [4.78, 5) is 24.5. The van der Waals surface area contributed by atoms with E-state index >= 15 is 0 Å². The molecule has 26 heavy (non-hydrogen) atoms. The number of carbonyl (C=O) groups is 2. The molecule has 1 saturated heterocycles. The minimum absolute atomic E-state index is 0.225. The molecule has 1 N–H and O–H groups in total. The van der Waals surface area contributed by atoms with Crippen LogP contribution >= 0.6 is 0 Å². The Hall–Kier alpha value is -2.86. The zero-order valence-corrected chi connectivity index (χ0v) is 14.0. The lowest BCUT2D eigenvalue weighted by molar-refractivity contribution is -0.135. The number of rotatable bonds is 1. The Bertz CT molecular complexity index is 969. The Morgan fingerprint density at radius 3 is 2.85 bits per heavy atom. The van der Waals surface area contributed by atoms with Crippen LogP contribution in [0.4, 0.5) is 0 Å². The van der Waals surface area contributed by atoms with Crippen LogP contribution in [0.15, 0.2) is 40.7 Å². The second-order valence-corrected chi connectivity index (χ2v) is 6.92. The van der Waals surface area contributed by atoms with Gasteiger partial charge in [-0.1, -0.05) is 0 Å². The minimum atomic E-state index is -0.776. The molecule has 3 heterocycles. The monoisotopic (exact) mass is 352 g/mol. The van der Waals surface area contributed by atoms with Crippen molar-refractivity contribution < 1.29 is 28.6 Å². The fourth-order valence-electron chi connectivity index (χ4n) is 4.27. The van der Waals surface area contributed by atoms with Crippen molar-refractivity contribution in [3.8, 4) is 0 Å². The molecule has 0 saturated carbocycles. The molecule has 3 aliphatic rings. The molecule has 1 fully saturated rings. The van der Waals surface area contributed by atoms with Gasteiger partial charge >= 0.3 is 11.9 Å². The summed E-state index contributed by atoms with van der Waals surface area (Å²) < 4.78 is 15.9. The van der Waals surface area contributed by atoms with Gasteiger partial charge < -0.3 is 19.0 Å². The maximum absolute atomic E-state index is 12.5. The Morgan fingerprint density at radius 1 is 1.23 bits per heavy atom. The summed E-state index contributed by atoms with van der Waals surface area (Å²) in [5, 5.41) is 10.4. The van der Waals surface area contributed by atoms with Crippen LogP contribution < -0.4 is 0 Å². The van der Waals surface area contributed by atoms with Crippen molar-refractivity contribution in [2.24, 2.45) is 0 Å². The molecular weight excluding hydrogens is 336 g/mol. The first-order valence-corrected chi connectivity index (χ1v) is 8.51. The maximum Gasteiger partial charge on any atom is 0.339 e. The summed E-state index contributed by atoms with van der Waals surface area (Å²) in [5.74, 6) is -1.06. The summed E-state index contributed by atoms with van der Waals surface area (Å²) in [5.41, 5.74) is 5.25. The summed E-state index contributed by atoms with van der Waals surface area (Å²) in [7, 11) is 0. The molecule has 6 nitrogen and oxygen atoms in total. The van der Waals surface area contributed by atoms with E-state index in [1.165, 1.54) is 0 Å². The van der Waals surface area contributed by atoms with Crippen molar-refractivity contribution >= 4 is 11.9 Å². The van der Waals surface area contributed by atoms with Crippen LogP contribution in [0, 0.1) is 6.92 Å². The highest BCUT2D eigenvalue weighted by Gasteiger charge is 2.41. The standard InChI is InChI=1S/C20H16O6/c1-9-12-4-11(21)5-14-16(8-25-19(14)22)13(12)6-15-17(9)18(26-20(15)23)10-2-3-24-7-10/h2-3,5-7,11,16,18,21H,4,8H2,1H3. The van der Waals surface area contributed by atoms with Gasteiger partial charge in [-0.3, -0.25) is 0 Å². The van der Waals surface area contributed by atoms with Gasteiger partial charge in [0.05, 0.1) is 30.1 Å². The Labute approximate surface area is 149 Å². The fraction of sp³-hybridized carbons (Fsp3) is 0.300. The topological polar surface area (TPSA) is 86.0 Å². The molecule has 2 aliphatic heterocycles. The molecule has 1 aliphatic carbocycles. The number of hydrogen-bond donors (Lipinski definition) is 1. The first kappa shape index (κ1) is 15.4. The number of carbonyl (C=O) groups excluding carboxylic acids is 2. The Balaban J connectivity index is 1.73. The van der Waals surface area contributed by atoms with Gasteiger partial charge in [0.2, 0.25) is 0 Å². The smallest absolute Gasteiger partial charge is 0.339 e. The lowest BCUT2D eigenvalue weighted by Gasteiger charge is -2.19. The van der Waals surface area contributed by atoms with Gasteiger partial charge in [-0.05, 0) is 41.8 Å². The molecule has 6 heteroatoms. The van der Waals surface area contributed by atoms with E-state index < -0.39 is 24.1 Å². The second kappa shape index (κ2) is 5.32. The molecule has 5 rings (SSSR count). The molecule has 3 atom stereocenters. The highest BCUT2D eigenvalue weighted by molar-refractivity contribution is 5.97. The third-order valence-corrected chi connectivity index (χ3v) is 5.50. The normalized spacial score (nSPS) is 26.4. The van der Waals surface area contributed by atoms with Gasteiger partial charge in [0.25, 0.3) is 0 Å². The molecule has 0 radical (unpaired) electrons.